The Hall–Kier alpha value is -1.53. The maximum absolute atomic E-state index is 10.1. The zero-order chi connectivity index (χ0) is 10.0. The van der Waals surface area contributed by atoms with Gasteiger partial charge in [-0.2, -0.15) is 5.26 Å². The van der Waals surface area contributed by atoms with Crippen molar-refractivity contribution in [3.63, 3.8) is 0 Å². The van der Waals surface area contributed by atoms with Crippen molar-refractivity contribution < 1.29 is 9.84 Å². The highest BCUT2D eigenvalue weighted by Crippen LogP contribution is 2.35. The van der Waals surface area contributed by atoms with Crippen molar-refractivity contribution in [3.05, 3.63) is 29.8 Å². The third-order valence-electron chi connectivity index (χ3n) is 2.46. The van der Waals surface area contributed by atoms with Gasteiger partial charge >= 0.3 is 0 Å². The van der Waals surface area contributed by atoms with Gasteiger partial charge in [-0.1, -0.05) is 18.2 Å². The Morgan fingerprint density at radius 1 is 1.43 bits per heavy atom. The Balaban J connectivity index is 2.54. The predicted molar refractivity (Wildman–Crippen MR) is 50.7 cm³/mol. The minimum absolute atomic E-state index is 0.431. The topological polar surface area (TPSA) is 53.2 Å². The summed E-state index contributed by atoms with van der Waals surface area (Å²) in [5.74, 6) is 0.619. The van der Waals surface area contributed by atoms with Crippen LogP contribution in [0.3, 0.4) is 0 Å². The van der Waals surface area contributed by atoms with Crippen molar-refractivity contribution in [1.29, 1.82) is 5.26 Å². The zero-order valence-corrected chi connectivity index (χ0v) is 7.73. The summed E-state index contributed by atoms with van der Waals surface area (Å²) in [5.41, 5.74) is -0.799. The fourth-order valence-corrected chi connectivity index (χ4v) is 1.70. The highest BCUT2D eigenvalue weighted by atomic mass is 16.5. The number of nitriles is 1. The minimum atomic E-state index is -1.38. The minimum Gasteiger partial charge on any atom is -0.493 e. The largest absolute Gasteiger partial charge is 0.493 e. The van der Waals surface area contributed by atoms with E-state index in [1.807, 2.05) is 12.1 Å². The van der Waals surface area contributed by atoms with E-state index >= 15 is 0 Å². The summed E-state index contributed by atoms with van der Waals surface area (Å²) in [7, 11) is 0. The van der Waals surface area contributed by atoms with Crippen LogP contribution < -0.4 is 4.74 Å². The van der Waals surface area contributed by atoms with Gasteiger partial charge in [-0.25, -0.2) is 0 Å². The van der Waals surface area contributed by atoms with E-state index < -0.39 is 5.60 Å². The van der Waals surface area contributed by atoms with E-state index in [9.17, 15) is 5.11 Å². The summed E-state index contributed by atoms with van der Waals surface area (Å²) in [6, 6.07) is 9.11. The lowest BCUT2D eigenvalue weighted by Crippen LogP contribution is -2.22. The predicted octanol–water partition coefficient (Wildman–Crippen LogP) is 1.57. The van der Waals surface area contributed by atoms with Gasteiger partial charge in [0.15, 0.2) is 5.60 Å². The van der Waals surface area contributed by atoms with Crippen molar-refractivity contribution >= 4 is 0 Å². The molecule has 0 bridgehead atoms. The van der Waals surface area contributed by atoms with Crippen LogP contribution in [-0.4, -0.2) is 11.7 Å². The maximum atomic E-state index is 10.1. The Morgan fingerprint density at radius 3 is 3.00 bits per heavy atom. The summed E-state index contributed by atoms with van der Waals surface area (Å²) in [4.78, 5) is 0. The number of aliphatic hydroxyl groups is 1. The number of rotatable bonds is 0. The van der Waals surface area contributed by atoms with Gasteiger partial charge in [0.25, 0.3) is 0 Å². The Kier molecular flexibility index (Phi) is 2.14. The molecule has 1 heterocycles. The SMILES string of the molecule is N#CC1(O)CCCOc2ccccc21. The smallest absolute Gasteiger partial charge is 0.180 e. The number of ether oxygens (including phenoxy) is 1. The van der Waals surface area contributed by atoms with Crippen LogP contribution in [0, 0.1) is 11.3 Å². The highest BCUT2D eigenvalue weighted by Gasteiger charge is 2.33. The van der Waals surface area contributed by atoms with Crippen LogP contribution in [0.4, 0.5) is 0 Å². The molecule has 0 aromatic heterocycles. The second-order valence-electron chi connectivity index (χ2n) is 3.42. The Labute approximate surface area is 82.6 Å². The van der Waals surface area contributed by atoms with Gasteiger partial charge in [-0.3, -0.25) is 0 Å². The molecule has 1 N–H and O–H groups in total. The van der Waals surface area contributed by atoms with Gasteiger partial charge < -0.3 is 9.84 Å². The molecule has 1 atom stereocenters. The van der Waals surface area contributed by atoms with Gasteiger partial charge in [-0.05, 0) is 18.9 Å². The van der Waals surface area contributed by atoms with Gasteiger partial charge in [-0.15, -0.1) is 0 Å². The fourth-order valence-electron chi connectivity index (χ4n) is 1.70. The molecule has 1 aliphatic heterocycles. The maximum Gasteiger partial charge on any atom is 0.180 e. The van der Waals surface area contributed by atoms with E-state index in [0.29, 0.717) is 30.8 Å². The summed E-state index contributed by atoms with van der Waals surface area (Å²) in [6.45, 7) is 0.557. The average molecular weight is 189 g/mol. The van der Waals surface area contributed by atoms with Crippen molar-refractivity contribution in [2.75, 3.05) is 6.61 Å². The first-order chi connectivity index (χ1) is 6.76. The molecule has 3 heteroatoms. The summed E-state index contributed by atoms with van der Waals surface area (Å²) < 4.78 is 5.43. The van der Waals surface area contributed by atoms with Crippen molar-refractivity contribution in [2.24, 2.45) is 0 Å². The number of hydrogen-bond donors (Lipinski definition) is 1. The molecule has 0 amide bonds. The van der Waals surface area contributed by atoms with E-state index in [0.717, 1.165) is 0 Å². The van der Waals surface area contributed by atoms with Crippen LogP contribution in [0.15, 0.2) is 24.3 Å². The normalized spacial score (nSPS) is 25.4. The first kappa shape index (κ1) is 9.04. The molecule has 0 radical (unpaired) electrons. The van der Waals surface area contributed by atoms with Crippen LogP contribution in [-0.2, 0) is 5.60 Å². The van der Waals surface area contributed by atoms with Gasteiger partial charge in [0, 0.05) is 5.56 Å². The second-order valence-corrected chi connectivity index (χ2v) is 3.42. The third-order valence-corrected chi connectivity index (χ3v) is 2.46. The molecule has 1 unspecified atom stereocenters. The molecule has 0 spiro atoms. The standard InChI is InChI=1S/C11H11NO2/c12-8-11(13)6-3-7-14-10-5-2-1-4-9(10)11/h1-2,4-5,13H,3,6-7H2. The first-order valence-electron chi connectivity index (χ1n) is 4.62. The molecule has 0 fully saturated rings. The highest BCUT2D eigenvalue weighted by molar-refractivity contribution is 5.41. The number of benzene rings is 1. The summed E-state index contributed by atoms with van der Waals surface area (Å²) in [5, 5.41) is 19.0. The van der Waals surface area contributed by atoms with Crippen LogP contribution in [0.1, 0.15) is 18.4 Å². The van der Waals surface area contributed by atoms with Crippen molar-refractivity contribution in [3.8, 4) is 11.8 Å². The van der Waals surface area contributed by atoms with E-state index in [-0.39, 0.29) is 0 Å². The lowest BCUT2D eigenvalue weighted by molar-refractivity contribution is 0.0884. The molecule has 1 aliphatic rings. The Bertz CT molecular complexity index is 383. The number of fused-ring (bicyclic) bond motifs is 1. The lowest BCUT2D eigenvalue weighted by atomic mass is 9.91. The number of para-hydroxylation sites is 1. The first-order valence-corrected chi connectivity index (χ1v) is 4.62. The molecule has 2 rings (SSSR count). The zero-order valence-electron chi connectivity index (χ0n) is 7.73. The molecule has 0 saturated carbocycles. The van der Waals surface area contributed by atoms with Gasteiger partial charge in [0.05, 0.1) is 6.61 Å². The monoisotopic (exact) mass is 189 g/mol. The second kappa shape index (κ2) is 3.32. The molecule has 1 aromatic carbocycles. The van der Waals surface area contributed by atoms with E-state index in [1.54, 1.807) is 18.2 Å². The third kappa shape index (κ3) is 1.34. The molecule has 3 nitrogen and oxygen atoms in total. The van der Waals surface area contributed by atoms with E-state index in [2.05, 4.69) is 0 Å². The van der Waals surface area contributed by atoms with Crippen LogP contribution in [0.5, 0.6) is 5.75 Å². The van der Waals surface area contributed by atoms with Crippen LogP contribution in [0.25, 0.3) is 0 Å². The molecule has 0 aliphatic carbocycles. The van der Waals surface area contributed by atoms with Gasteiger partial charge in [0.1, 0.15) is 11.8 Å². The van der Waals surface area contributed by atoms with Crippen molar-refractivity contribution in [1.82, 2.24) is 0 Å². The quantitative estimate of drug-likeness (QED) is 0.630. The number of nitrogens with zero attached hydrogens (tertiary/aromatic N) is 1. The molecular weight excluding hydrogens is 178 g/mol. The number of hydrogen-bond acceptors (Lipinski definition) is 3. The lowest BCUT2D eigenvalue weighted by Gasteiger charge is -2.18. The Morgan fingerprint density at radius 2 is 2.21 bits per heavy atom. The van der Waals surface area contributed by atoms with Crippen LogP contribution >= 0.6 is 0 Å². The van der Waals surface area contributed by atoms with Gasteiger partial charge in [0.2, 0.25) is 0 Å². The van der Waals surface area contributed by atoms with Crippen LogP contribution in [0.2, 0.25) is 0 Å². The average Bonchev–Trinajstić information content (AvgIpc) is 2.40. The molecular formula is C11H11NO2. The van der Waals surface area contributed by atoms with E-state index in [1.165, 1.54) is 0 Å². The molecule has 72 valence electrons. The summed E-state index contributed by atoms with van der Waals surface area (Å²) in [6.07, 6.45) is 1.12. The fraction of sp³-hybridized carbons (Fsp3) is 0.364. The molecule has 1 aromatic rings. The summed E-state index contributed by atoms with van der Waals surface area (Å²) >= 11 is 0. The van der Waals surface area contributed by atoms with Crippen molar-refractivity contribution in [2.45, 2.75) is 18.4 Å². The molecule has 0 saturated heterocycles. The molecule has 14 heavy (non-hydrogen) atoms. The van der Waals surface area contributed by atoms with E-state index in [4.69, 9.17) is 10.00 Å².